The van der Waals surface area contributed by atoms with Crippen molar-refractivity contribution in [1.29, 1.82) is 0 Å². The smallest absolute Gasteiger partial charge is 0.0175 e. The molecule has 0 radical (unpaired) electrons. The highest BCUT2D eigenvalue weighted by molar-refractivity contribution is 9.10. The summed E-state index contributed by atoms with van der Waals surface area (Å²) in [6, 6.07) is 17.3. The summed E-state index contributed by atoms with van der Waals surface area (Å²) < 4.78 is 2.25. The van der Waals surface area contributed by atoms with Crippen LogP contribution < -0.4 is 0 Å². The second-order valence-corrected chi connectivity index (χ2v) is 8.42. The molecule has 0 fully saturated rings. The van der Waals surface area contributed by atoms with E-state index in [0.29, 0.717) is 0 Å². The van der Waals surface area contributed by atoms with E-state index in [0.717, 1.165) is 21.8 Å². The molecule has 0 aliphatic heterocycles. The molecule has 0 aliphatic rings. The Morgan fingerprint density at radius 2 is 1.38 bits per heavy atom. The van der Waals surface area contributed by atoms with Gasteiger partial charge in [-0.2, -0.15) is 0 Å². The fourth-order valence-corrected chi connectivity index (χ4v) is 3.45. The van der Waals surface area contributed by atoms with Gasteiger partial charge in [-0.3, -0.25) is 0 Å². The summed E-state index contributed by atoms with van der Waals surface area (Å²) in [4.78, 5) is 0. The zero-order chi connectivity index (χ0) is 18.8. The second-order valence-electron chi connectivity index (χ2n) is 6.59. The standard InChI is InChI=1S/C24H28Br2/c1-3-5-7-9-24(20-12-16-23(26)17-13-20)21(8-6-4-2)18-19-10-14-22(25)15-11-19/h9-18H,3-8H2,1-2H3. The van der Waals surface area contributed by atoms with Gasteiger partial charge < -0.3 is 0 Å². The number of benzene rings is 2. The van der Waals surface area contributed by atoms with Crippen molar-refractivity contribution in [3.63, 3.8) is 0 Å². The molecule has 0 N–H and O–H groups in total. The van der Waals surface area contributed by atoms with E-state index < -0.39 is 0 Å². The van der Waals surface area contributed by atoms with Crippen molar-refractivity contribution < 1.29 is 0 Å². The van der Waals surface area contributed by atoms with Gasteiger partial charge in [0, 0.05) is 8.95 Å². The van der Waals surface area contributed by atoms with Gasteiger partial charge in [-0.15, -0.1) is 0 Å². The molecule has 26 heavy (non-hydrogen) atoms. The van der Waals surface area contributed by atoms with E-state index in [9.17, 15) is 0 Å². The van der Waals surface area contributed by atoms with Gasteiger partial charge in [-0.1, -0.05) is 101 Å². The molecule has 0 bridgehead atoms. The Kier molecular flexibility index (Phi) is 9.42. The quantitative estimate of drug-likeness (QED) is 0.250. The van der Waals surface area contributed by atoms with Crippen LogP contribution in [0.25, 0.3) is 11.6 Å². The fraction of sp³-hybridized carbons (Fsp3) is 0.333. The number of halogens is 2. The van der Waals surface area contributed by atoms with Crippen LogP contribution in [0.2, 0.25) is 0 Å². The predicted octanol–water partition coefficient (Wildman–Crippen LogP) is 9.06. The van der Waals surface area contributed by atoms with Gasteiger partial charge in [0.15, 0.2) is 0 Å². The van der Waals surface area contributed by atoms with Crippen LogP contribution in [-0.4, -0.2) is 0 Å². The van der Waals surface area contributed by atoms with Crippen LogP contribution in [-0.2, 0) is 0 Å². The number of hydrogen-bond acceptors (Lipinski definition) is 0. The normalized spacial score (nSPS) is 12.5. The number of hydrogen-bond donors (Lipinski definition) is 0. The first-order valence-corrected chi connectivity index (χ1v) is 11.1. The van der Waals surface area contributed by atoms with Crippen molar-refractivity contribution in [2.45, 2.75) is 52.4 Å². The molecule has 2 aromatic carbocycles. The Balaban J connectivity index is 2.44. The van der Waals surface area contributed by atoms with Crippen molar-refractivity contribution in [3.8, 4) is 0 Å². The van der Waals surface area contributed by atoms with Gasteiger partial charge in [0.2, 0.25) is 0 Å². The molecule has 0 saturated heterocycles. The van der Waals surface area contributed by atoms with Crippen molar-refractivity contribution in [2.24, 2.45) is 0 Å². The first kappa shape index (κ1) is 21.2. The SMILES string of the molecule is CCCCC=C(C(=Cc1ccc(Br)cc1)CCCC)c1ccc(Br)cc1. The Morgan fingerprint density at radius 1 is 0.808 bits per heavy atom. The Hall–Kier alpha value is -1.12. The van der Waals surface area contributed by atoms with Crippen molar-refractivity contribution in [2.75, 3.05) is 0 Å². The van der Waals surface area contributed by atoms with E-state index in [4.69, 9.17) is 0 Å². The lowest BCUT2D eigenvalue weighted by molar-refractivity contribution is 0.798. The molecule has 0 unspecified atom stereocenters. The molecule has 0 spiro atoms. The van der Waals surface area contributed by atoms with Gasteiger partial charge in [0.05, 0.1) is 0 Å². The summed E-state index contributed by atoms with van der Waals surface area (Å²) in [5.74, 6) is 0. The third-order valence-electron chi connectivity index (χ3n) is 4.42. The van der Waals surface area contributed by atoms with Crippen LogP contribution in [0.3, 0.4) is 0 Å². The monoisotopic (exact) mass is 474 g/mol. The maximum atomic E-state index is 3.56. The molecular formula is C24H28Br2. The van der Waals surface area contributed by atoms with E-state index >= 15 is 0 Å². The van der Waals surface area contributed by atoms with Gasteiger partial charge in [0.1, 0.15) is 0 Å². The Morgan fingerprint density at radius 3 is 1.96 bits per heavy atom. The molecule has 0 atom stereocenters. The summed E-state index contributed by atoms with van der Waals surface area (Å²) in [5.41, 5.74) is 5.40. The highest BCUT2D eigenvalue weighted by Gasteiger charge is 2.09. The minimum atomic E-state index is 1.11. The number of rotatable bonds is 9. The van der Waals surface area contributed by atoms with Crippen LogP contribution in [0.4, 0.5) is 0 Å². The number of unbranched alkanes of at least 4 members (excludes halogenated alkanes) is 3. The molecule has 0 nitrogen and oxygen atoms in total. The van der Waals surface area contributed by atoms with E-state index in [1.54, 1.807) is 0 Å². The lowest BCUT2D eigenvalue weighted by Crippen LogP contribution is -1.93. The molecule has 0 aromatic heterocycles. The van der Waals surface area contributed by atoms with Crippen molar-refractivity contribution in [1.82, 2.24) is 0 Å². The molecule has 138 valence electrons. The third-order valence-corrected chi connectivity index (χ3v) is 5.48. The van der Waals surface area contributed by atoms with Crippen molar-refractivity contribution in [3.05, 3.63) is 80.3 Å². The van der Waals surface area contributed by atoms with Gasteiger partial charge >= 0.3 is 0 Å². The highest BCUT2D eigenvalue weighted by atomic mass is 79.9. The van der Waals surface area contributed by atoms with Crippen LogP contribution in [0.15, 0.2) is 69.1 Å². The Labute approximate surface area is 175 Å². The fourth-order valence-electron chi connectivity index (χ4n) is 2.93. The van der Waals surface area contributed by atoms with E-state index in [2.05, 4.69) is 106 Å². The van der Waals surface area contributed by atoms with Gasteiger partial charge in [-0.25, -0.2) is 0 Å². The maximum Gasteiger partial charge on any atom is 0.0175 e. The van der Waals surface area contributed by atoms with Crippen LogP contribution in [0.5, 0.6) is 0 Å². The maximum absolute atomic E-state index is 3.56. The lowest BCUT2D eigenvalue weighted by Gasteiger charge is -2.14. The average molecular weight is 476 g/mol. The average Bonchev–Trinajstić information content (AvgIpc) is 2.65. The summed E-state index contributed by atoms with van der Waals surface area (Å²) in [5, 5.41) is 0. The second kappa shape index (κ2) is 11.6. The van der Waals surface area contributed by atoms with Crippen molar-refractivity contribution >= 4 is 43.5 Å². The topological polar surface area (TPSA) is 0 Å². The minimum Gasteiger partial charge on any atom is -0.0764 e. The predicted molar refractivity (Wildman–Crippen MR) is 123 cm³/mol. The number of allylic oxidation sites excluding steroid dienone is 3. The molecule has 0 heterocycles. The van der Waals surface area contributed by atoms with Gasteiger partial charge in [0.25, 0.3) is 0 Å². The molecule has 0 saturated carbocycles. The van der Waals surface area contributed by atoms with E-state index in [-0.39, 0.29) is 0 Å². The summed E-state index contributed by atoms with van der Waals surface area (Å²) in [6.07, 6.45) is 11.9. The summed E-state index contributed by atoms with van der Waals surface area (Å²) >= 11 is 7.09. The van der Waals surface area contributed by atoms with E-state index in [1.165, 1.54) is 48.0 Å². The molecule has 2 heteroatoms. The highest BCUT2D eigenvalue weighted by Crippen LogP contribution is 2.31. The Bertz CT molecular complexity index is 722. The summed E-state index contributed by atoms with van der Waals surface area (Å²) in [7, 11) is 0. The minimum absolute atomic E-state index is 1.11. The lowest BCUT2D eigenvalue weighted by atomic mass is 9.91. The molecule has 2 rings (SSSR count). The molecule has 0 amide bonds. The summed E-state index contributed by atoms with van der Waals surface area (Å²) in [6.45, 7) is 4.51. The molecule has 2 aromatic rings. The molecule has 0 aliphatic carbocycles. The third kappa shape index (κ3) is 6.89. The van der Waals surface area contributed by atoms with E-state index in [1.807, 2.05) is 0 Å². The first-order valence-electron chi connectivity index (χ1n) is 9.56. The van der Waals surface area contributed by atoms with Crippen LogP contribution >= 0.6 is 31.9 Å². The zero-order valence-electron chi connectivity index (χ0n) is 15.8. The first-order chi connectivity index (χ1) is 12.6. The van der Waals surface area contributed by atoms with Crippen LogP contribution in [0, 0.1) is 0 Å². The largest absolute Gasteiger partial charge is 0.0764 e. The zero-order valence-corrected chi connectivity index (χ0v) is 18.9. The van der Waals surface area contributed by atoms with Crippen LogP contribution in [0.1, 0.15) is 63.5 Å². The molecular weight excluding hydrogens is 448 g/mol. The van der Waals surface area contributed by atoms with Gasteiger partial charge in [-0.05, 0) is 65.8 Å².